The van der Waals surface area contributed by atoms with E-state index in [-0.39, 0.29) is 17.0 Å². The van der Waals surface area contributed by atoms with Crippen molar-refractivity contribution in [3.8, 4) is 0 Å². The Kier molecular flexibility index (Phi) is 5.90. The van der Waals surface area contributed by atoms with Crippen LogP contribution >= 0.6 is 23.4 Å². The van der Waals surface area contributed by atoms with E-state index in [0.29, 0.717) is 5.56 Å². The van der Waals surface area contributed by atoms with Gasteiger partial charge in [0.1, 0.15) is 5.82 Å². The molecule has 0 spiro atoms. The monoisotopic (exact) mass is 330 g/mol. The summed E-state index contributed by atoms with van der Waals surface area (Å²) in [6, 6.07) is 4.11. The van der Waals surface area contributed by atoms with Gasteiger partial charge in [0.15, 0.2) is 0 Å². The summed E-state index contributed by atoms with van der Waals surface area (Å²) >= 11 is 7.91. The zero-order valence-electron chi connectivity index (χ0n) is 12.3. The number of carbonyl (C=O) groups excluding carboxylic acids is 1. The van der Waals surface area contributed by atoms with Crippen LogP contribution in [0.5, 0.6) is 0 Å². The second kappa shape index (κ2) is 7.47. The van der Waals surface area contributed by atoms with E-state index in [1.54, 1.807) is 0 Å². The van der Waals surface area contributed by atoms with Crippen LogP contribution in [-0.2, 0) is 0 Å². The molecule has 1 fully saturated rings. The normalized spacial score (nSPS) is 19.7. The SMILES string of the molecule is CN(C)CC1CSCCCN1C(=O)c1ccc(F)cc1Cl. The van der Waals surface area contributed by atoms with Crippen molar-refractivity contribution in [2.75, 3.05) is 38.7 Å². The summed E-state index contributed by atoms with van der Waals surface area (Å²) in [7, 11) is 4.01. The maximum Gasteiger partial charge on any atom is 0.255 e. The van der Waals surface area contributed by atoms with E-state index in [4.69, 9.17) is 11.6 Å². The topological polar surface area (TPSA) is 23.6 Å². The highest BCUT2D eigenvalue weighted by molar-refractivity contribution is 7.99. The predicted molar refractivity (Wildman–Crippen MR) is 86.7 cm³/mol. The van der Waals surface area contributed by atoms with Crippen LogP contribution in [0.4, 0.5) is 4.39 Å². The van der Waals surface area contributed by atoms with Crippen LogP contribution in [0.2, 0.25) is 5.02 Å². The lowest BCUT2D eigenvalue weighted by Gasteiger charge is -2.32. The summed E-state index contributed by atoms with van der Waals surface area (Å²) < 4.78 is 13.1. The summed E-state index contributed by atoms with van der Waals surface area (Å²) in [6.07, 6.45) is 0.971. The van der Waals surface area contributed by atoms with E-state index in [2.05, 4.69) is 4.90 Å². The minimum atomic E-state index is -0.423. The van der Waals surface area contributed by atoms with Crippen molar-refractivity contribution in [3.63, 3.8) is 0 Å². The van der Waals surface area contributed by atoms with Gasteiger partial charge in [0, 0.05) is 18.8 Å². The van der Waals surface area contributed by atoms with Crippen LogP contribution in [0.3, 0.4) is 0 Å². The molecule has 0 aromatic heterocycles. The molecule has 2 rings (SSSR count). The van der Waals surface area contributed by atoms with E-state index in [1.807, 2.05) is 30.8 Å². The number of rotatable bonds is 3. The standard InChI is InChI=1S/C15H20ClFN2OS/c1-18(2)9-12-10-21-7-3-6-19(12)15(20)13-5-4-11(17)8-14(13)16/h4-5,8,12H,3,6-7,9-10H2,1-2H3. The number of thioether (sulfide) groups is 1. The molecule has 1 atom stereocenters. The summed E-state index contributed by atoms with van der Waals surface area (Å²) in [5.74, 6) is 1.45. The minimum Gasteiger partial charge on any atom is -0.333 e. The van der Waals surface area contributed by atoms with E-state index in [1.165, 1.54) is 18.2 Å². The quantitative estimate of drug-likeness (QED) is 0.851. The zero-order chi connectivity index (χ0) is 15.4. The molecule has 1 heterocycles. The Morgan fingerprint density at radius 3 is 2.95 bits per heavy atom. The van der Waals surface area contributed by atoms with Gasteiger partial charge in [-0.3, -0.25) is 4.79 Å². The van der Waals surface area contributed by atoms with Gasteiger partial charge in [-0.2, -0.15) is 11.8 Å². The molecular formula is C15H20ClFN2OS. The zero-order valence-corrected chi connectivity index (χ0v) is 13.9. The Hall–Kier alpha value is -0.780. The molecule has 0 aliphatic carbocycles. The fraction of sp³-hybridized carbons (Fsp3) is 0.533. The lowest BCUT2D eigenvalue weighted by atomic mass is 10.1. The van der Waals surface area contributed by atoms with Crippen LogP contribution in [-0.4, -0.2) is 60.4 Å². The van der Waals surface area contributed by atoms with Gasteiger partial charge >= 0.3 is 0 Å². The highest BCUT2D eigenvalue weighted by Crippen LogP contribution is 2.23. The molecule has 1 amide bonds. The number of hydrogen-bond acceptors (Lipinski definition) is 3. The van der Waals surface area contributed by atoms with E-state index < -0.39 is 5.82 Å². The lowest BCUT2D eigenvalue weighted by Crippen LogP contribution is -2.46. The van der Waals surface area contributed by atoms with Crippen molar-refractivity contribution < 1.29 is 9.18 Å². The lowest BCUT2D eigenvalue weighted by molar-refractivity contribution is 0.0676. The van der Waals surface area contributed by atoms with Crippen molar-refractivity contribution in [1.82, 2.24) is 9.80 Å². The van der Waals surface area contributed by atoms with Gasteiger partial charge in [-0.05, 0) is 44.5 Å². The maximum absolute atomic E-state index is 13.1. The smallest absolute Gasteiger partial charge is 0.255 e. The van der Waals surface area contributed by atoms with Gasteiger partial charge in [-0.15, -0.1) is 0 Å². The Bertz CT molecular complexity index is 512. The molecule has 0 radical (unpaired) electrons. The summed E-state index contributed by atoms with van der Waals surface area (Å²) in [5.41, 5.74) is 0.383. The number of benzene rings is 1. The van der Waals surface area contributed by atoms with E-state index in [0.717, 1.165) is 31.0 Å². The fourth-order valence-electron chi connectivity index (χ4n) is 2.49. The van der Waals surface area contributed by atoms with Gasteiger partial charge in [0.05, 0.1) is 16.6 Å². The second-order valence-corrected chi connectivity index (χ2v) is 7.02. The summed E-state index contributed by atoms with van der Waals surface area (Å²) in [5, 5.41) is 0.181. The second-order valence-electron chi connectivity index (χ2n) is 5.47. The van der Waals surface area contributed by atoms with Crippen molar-refractivity contribution in [2.24, 2.45) is 0 Å². The average Bonchev–Trinajstić information content (AvgIpc) is 2.63. The third-order valence-corrected chi connectivity index (χ3v) is 4.95. The fourth-order valence-corrected chi connectivity index (χ4v) is 3.79. The molecule has 6 heteroatoms. The number of carbonyl (C=O) groups is 1. The number of nitrogens with zero attached hydrogens (tertiary/aromatic N) is 2. The van der Waals surface area contributed by atoms with Crippen molar-refractivity contribution in [2.45, 2.75) is 12.5 Å². The highest BCUT2D eigenvalue weighted by atomic mass is 35.5. The molecule has 1 aromatic rings. The number of amides is 1. The van der Waals surface area contributed by atoms with Gasteiger partial charge in [-0.1, -0.05) is 11.6 Å². The molecule has 116 valence electrons. The molecule has 0 saturated carbocycles. The largest absolute Gasteiger partial charge is 0.333 e. The molecule has 1 unspecified atom stereocenters. The van der Waals surface area contributed by atoms with Crippen LogP contribution in [0.25, 0.3) is 0 Å². The van der Waals surface area contributed by atoms with Gasteiger partial charge in [0.25, 0.3) is 5.91 Å². The molecule has 0 N–H and O–H groups in total. The third-order valence-electron chi connectivity index (χ3n) is 3.44. The number of hydrogen-bond donors (Lipinski definition) is 0. The van der Waals surface area contributed by atoms with Gasteiger partial charge in [0.2, 0.25) is 0 Å². The Morgan fingerprint density at radius 2 is 2.29 bits per heavy atom. The summed E-state index contributed by atoms with van der Waals surface area (Å²) in [4.78, 5) is 16.7. The molecule has 1 aliphatic heterocycles. The first-order valence-corrected chi connectivity index (χ1v) is 8.51. The van der Waals surface area contributed by atoms with Crippen molar-refractivity contribution >= 4 is 29.3 Å². The first kappa shape index (κ1) is 16.6. The van der Waals surface area contributed by atoms with Crippen molar-refractivity contribution in [3.05, 3.63) is 34.6 Å². The van der Waals surface area contributed by atoms with Crippen LogP contribution < -0.4 is 0 Å². The van der Waals surface area contributed by atoms with Crippen LogP contribution in [0.15, 0.2) is 18.2 Å². The summed E-state index contributed by atoms with van der Waals surface area (Å²) in [6.45, 7) is 1.54. The van der Waals surface area contributed by atoms with E-state index in [9.17, 15) is 9.18 Å². The average molecular weight is 331 g/mol. The van der Waals surface area contributed by atoms with E-state index >= 15 is 0 Å². The Balaban J connectivity index is 2.24. The van der Waals surface area contributed by atoms with Crippen molar-refractivity contribution in [1.29, 1.82) is 0 Å². The molecule has 1 aromatic carbocycles. The first-order valence-electron chi connectivity index (χ1n) is 6.97. The molecule has 21 heavy (non-hydrogen) atoms. The maximum atomic E-state index is 13.1. The molecule has 3 nitrogen and oxygen atoms in total. The molecule has 0 bridgehead atoms. The third kappa shape index (κ3) is 4.34. The first-order chi connectivity index (χ1) is 9.99. The Labute approximate surface area is 134 Å². The molecule has 1 aliphatic rings. The molecule has 1 saturated heterocycles. The highest BCUT2D eigenvalue weighted by Gasteiger charge is 2.28. The van der Waals surface area contributed by atoms with Gasteiger partial charge in [-0.25, -0.2) is 4.39 Å². The predicted octanol–water partition coefficient (Wildman–Crippen LogP) is 2.99. The number of likely N-dealkylation sites (N-methyl/N-ethyl adjacent to an activating group) is 1. The minimum absolute atomic E-state index is 0.102. The van der Waals surface area contributed by atoms with Crippen LogP contribution in [0.1, 0.15) is 16.8 Å². The van der Waals surface area contributed by atoms with Gasteiger partial charge < -0.3 is 9.80 Å². The Morgan fingerprint density at radius 1 is 1.52 bits per heavy atom. The molecular weight excluding hydrogens is 311 g/mol. The van der Waals surface area contributed by atoms with Crippen LogP contribution in [0, 0.1) is 5.82 Å². The number of halogens is 2.